The van der Waals surface area contributed by atoms with E-state index in [9.17, 15) is 9.90 Å². The van der Waals surface area contributed by atoms with Crippen molar-refractivity contribution in [2.24, 2.45) is 13.0 Å². The predicted octanol–water partition coefficient (Wildman–Crippen LogP) is 1.62. The van der Waals surface area contributed by atoms with Crippen molar-refractivity contribution < 1.29 is 9.90 Å². The topological polar surface area (TPSA) is 58.4 Å². The molecule has 1 fully saturated rings. The van der Waals surface area contributed by atoms with Crippen LogP contribution in [0.1, 0.15) is 24.6 Å². The van der Waals surface area contributed by atoms with Gasteiger partial charge in [0.1, 0.15) is 5.15 Å². The molecule has 20 heavy (non-hydrogen) atoms. The maximum absolute atomic E-state index is 12.1. The maximum atomic E-state index is 12.1. The zero-order chi connectivity index (χ0) is 14.9. The summed E-state index contributed by atoms with van der Waals surface area (Å²) in [6, 6.07) is 0. The van der Waals surface area contributed by atoms with Crippen LogP contribution >= 0.6 is 11.6 Å². The minimum Gasteiger partial charge on any atom is -0.391 e. The fourth-order valence-corrected chi connectivity index (χ4v) is 2.58. The number of likely N-dealkylation sites (tertiary alicyclic amines) is 1. The highest BCUT2D eigenvalue weighted by Gasteiger charge is 2.26. The Labute approximate surface area is 123 Å². The Bertz CT molecular complexity index is 539. The number of carbonyl (C=O) groups is 1. The molecule has 2 heterocycles. The Hall–Kier alpha value is -1.33. The number of halogens is 1. The molecule has 5 nitrogen and oxygen atoms in total. The van der Waals surface area contributed by atoms with Crippen molar-refractivity contribution in [2.75, 3.05) is 13.1 Å². The van der Waals surface area contributed by atoms with Gasteiger partial charge in [-0.05, 0) is 25.3 Å². The molecule has 0 aliphatic carbocycles. The number of hydrogen-bond donors (Lipinski definition) is 1. The monoisotopic (exact) mass is 297 g/mol. The van der Waals surface area contributed by atoms with E-state index in [0.717, 1.165) is 17.7 Å². The molecule has 0 radical (unpaired) electrons. The Morgan fingerprint density at radius 3 is 2.80 bits per heavy atom. The molecule has 1 saturated heterocycles. The van der Waals surface area contributed by atoms with Gasteiger partial charge in [-0.15, -0.1) is 0 Å². The number of rotatable bonds is 2. The third kappa shape index (κ3) is 3.04. The average Bonchev–Trinajstić information content (AvgIpc) is 2.64. The number of nitrogens with zero attached hydrogens (tertiary/aromatic N) is 3. The van der Waals surface area contributed by atoms with Gasteiger partial charge in [0, 0.05) is 31.8 Å². The van der Waals surface area contributed by atoms with Gasteiger partial charge < -0.3 is 10.0 Å². The minimum atomic E-state index is -0.440. The van der Waals surface area contributed by atoms with E-state index in [2.05, 4.69) is 5.10 Å². The van der Waals surface area contributed by atoms with E-state index >= 15 is 0 Å². The van der Waals surface area contributed by atoms with E-state index in [0.29, 0.717) is 18.2 Å². The molecule has 2 unspecified atom stereocenters. The first-order valence-electron chi connectivity index (χ1n) is 6.74. The van der Waals surface area contributed by atoms with E-state index in [1.807, 2.05) is 13.8 Å². The fourth-order valence-electron chi connectivity index (χ4n) is 2.34. The number of aryl methyl sites for hydroxylation is 2. The zero-order valence-electron chi connectivity index (χ0n) is 12.0. The van der Waals surface area contributed by atoms with Gasteiger partial charge in [0.05, 0.1) is 11.8 Å². The highest BCUT2D eigenvalue weighted by atomic mass is 35.5. The molecule has 2 atom stereocenters. The number of aliphatic hydroxyl groups excluding tert-OH is 1. The summed E-state index contributed by atoms with van der Waals surface area (Å²) in [5.41, 5.74) is 1.54. The number of aliphatic hydroxyl groups is 1. The second kappa shape index (κ2) is 5.97. The normalized spacial score (nSPS) is 23.6. The van der Waals surface area contributed by atoms with Gasteiger partial charge in [0.2, 0.25) is 5.91 Å². The predicted molar refractivity (Wildman–Crippen MR) is 78.4 cm³/mol. The van der Waals surface area contributed by atoms with E-state index in [1.165, 1.54) is 6.08 Å². The maximum Gasteiger partial charge on any atom is 0.246 e. The summed E-state index contributed by atoms with van der Waals surface area (Å²) in [4.78, 5) is 13.8. The highest BCUT2D eigenvalue weighted by molar-refractivity contribution is 6.31. The lowest BCUT2D eigenvalue weighted by Crippen LogP contribution is -2.45. The summed E-state index contributed by atoms with van der Waals surface area (Å²) >= 11 is 6.11. The Morgan fingerprint density at radius 2 is 2.25 bits per heavy atom. The molecule has 0 bridgehead atoms. The van der Waals surface area contributed by atoms with Crippen molar-refractivity contribution in [1.29, 1.82) is 0 Å². The molecule has 0 aromatic carbocycles. The van der Waals surface area contributed by atoms with Gasteiger partial charge in [-0.1, -0.05) is 18.5 Å². The first-order chi connectivity index (χ1) is 9.40. The molecule has 6 heteroatoms. The molecular weight excluding hydrogens is 278 g/mol. The quantitative estimate of drug-likeness (QED) is 0.844. The number of hydrogen-bond acceptors (Lipinski definition) is 3. The van der Waals surface area contributed by atoms with Crippen LogP contribution in [0.25, 0.3) is 6.08 Å². The standard InChI is InChI=1S/C14H20ClN3O2/c1-9-6-7-18(8-12(9)19)13(20)5-4-11-10(2)16-17(3)14(11)15/h4-5,9,12,19H,6-8H2,1-3H3/b5-4+. The molecule has 1 aromatic heterocycles. The van der Waals surface area contributed by atoms with Crippen LogP contribution in [-0.2, 0) is 11.8 Å². The van der Waals surface area contributed by atoms with Crippen LogP contribution < -0.4 is 0 Å². The lowest BCUT2D eigenvalue weighted by atomic mass is 9.96. The molecule has 2 rings (SSSR count). The van der Waals surface area contributed by atoms with Crippen LogP contribution in [0.2, 0.25) is 5.15 Å². The van der Waals surface area contributed by atoms with Crippen LogP contribution in [0.15, 0.2) is 6.08 Å². The summed E-state index contributed by atoms with van der Waals surface area (Å²) in [7, 11) is 1.76. The van der Waals surface area contributed by atoms with E-state index < -0.39 is 6.10 Å². The van der Waals surface area contributed by atoms with Crippen molar-refractivity contribution >= 4 is 23.6 Å². The first-order valence-corrected chi connectivity index (χ1v) is 7.12. The number of aromatic nitrogens is 2. The SMILES string of the molecule is Cc1nn(C)c(Cl)c1/C=C/C(=O)N1CCC(C)C(O)C1. The smallest absolute Gasteiger partial charge is 0.246 e. The van der Waals surface area contributed by atoms with Crippen LogP contribution in [0.5, 0.6) is 0 Å². The summed E-state index contributed by atoms with van der Waals surface area (Å²) in [6.45, 7) is 4.93. The third-order valence-corrected chi connectivity index (χ3v) is 4.27. The van der Waals surface area contributed by atoms with Crippen LogP contribution in [0.4, 0.5) is 0 Å². The van der Waals surface area contributed by atoms with E-state index in [-0.39, 0.29) is 11.8 Å². The second-order valence-electron chi connectivity index (χ2n) is 5.36. The largest absolute Gasteiger partial charge is 0.391 e. The Balaban J connectivity index is 2.06. The van der Waals surface area contributed by atoms with E-state index in [1.54, 1.807) is 22.7 Å². The molecule has 0 saturated carbocycles. The number of piperidine rings is 1. The molecule has 1 aliphatic heterocycles. The summed E-state index contributed by atoms with van der Waals surface area (Å²) in [5, 5.41) is 14.5. The fraction of sp³-hybridized carbons (Fsp3) is 0.571. The average molecular weight is 298 g/mol. The van der Waals surface area contributed by atoms with Crippen LogP contribution in [-0.4, -0.2) is 44.9 Å². The molecular formula is C14H20ClN3O2. The zero-order valence-corrected chi connectivity index (χ0v) is 12.8. The van der Waals surface area contributed by atoms with Crippen molar-refractivity contribution in [3.63, 3.8) is 0 Å². The van der Waals surface area contributed by atoms with Crippen LogP contribution in [0, 0.1) is 12.8 Å². The number of carbonyl (C=O) groups excluding carboxylic acids is 1. The van der Waals surface area contributed by atoms with Gasteiger partial charge in [-0.3, -0.25) is 9.48 Å². The molecule has 0 spiro atoms. The molecule has 1 aromatic rings. The number of β-amino-alcohol motifs (C(OH)–C–C–N with tert-alkyl or cyclic N) is 1. The van der Waals surface area contributed by atoms with Crippen molar-refractivity contribution in [1.82, 2.24) is 14.7 Å². The number of amides is 1. The lowest BCUT2D eigenvalue weighted by Gasteiger charge is -2.33. The van der Waals surface area contributed by atoms with Gasteiger partial charge in [0.15, 0.2) is 0 Å². The molecule has 1 N–H and O–H groups in total. The summed E-state index contributed by atoms with van der Waals surface area (Å²) in [6.07, 6.45) is 3.58. The molecule has 1 amide bonds. The summed E-state index contributed by atoms with van der Waals surface area (Å²) in [5.74, 6) is 0.147. The van der Waals surface area contributed by atoms with Gasteiger partial charge >= 0.3 is 0 Å². The Morgan fingerprint density at radius 1 is 1.55 bits per heavy atom. The van der Waals surface area contributed by atoms with Gasteiger partial charge in [-0.2, -0.15) is 5.10 Å². The van der Waals surface area contributed by atoms with Gasteiger partial charge in [-0.25, -0.2) is 0 Å². The molecule has 1 aliphatic rings. The molecule has 110 valence electrons. The van der Waals surface area contributed by atoms with Crippen molar-refractivity contribution in [3.05, 3.63) is 22.5 Å². The second-order valence-corrected chi connectivity index (χ2v) is 5.72. The highest BCUT2D eigenvalue weighted by Crippen LogP contribution is 2.21. The minimum absolute atomic E-state index is 0.102. The lowest BCUT2D eigenvalue weighted by molar-refractivity contribution is -0.130. The summed E-state index contributed by atoms with van der Waals surface area (Å²) < 4.78 is 1.58. The van der Waals surface area contributed by atoms with E-state index in [4.69, 9.17) is 11.6 Å². The van der Waals surface area contributed by atoms with Crippen molar-refractivity contribution in [2.45, 2.75) is 26.4 Å². The van der Waals surface area contributed by atoms with Crippen molar-refractivity contribution in [3.8, 4) is 0 Å². The third-order valence-electron chi connectivity index (χ3n) is 3.82. The first kappa shape index (κ1) is 15.1. The van der Waals surface area contributed by atoms with Gasteiger partial charge in [0.25, 0.3) is 0 Å². The van der Waals surface area contributed by atoms with Crippen LogP contribution in [0.3, 0.4) is 0 Å². The Kier molecular flexibility index (Phi) is 4.50.